The summed E-state index contributed by atoms with van der Waals surface area (Å²) in [5, 5.41) is 1.03. The van der Waals surface area contributed by atoms with Crippen LogP contribution in [0.25, 0.3) is 0 Å². The van der Waals surface area contributed by atoms with Gasteiger partial charge in [-0.15, -0.1) is 0 Å². The summed E-state index contributed by atoms with van der Waals surface area (Å²) in [4.78, 5) is 23.0. The van der Waals surface area contributed by atoms with Crippen molar-refractivity contribution < 1.29 is 67.4 Å². The van der Waals surface area contributed by atoms with E-state index in [1.807, 2.05) is 0 Å². The maximum atomic E-state index is 14.1. The second kappa shape index (κ2) is 8.47. The van der Waals surface area contributed by atoms with Crippen molar-refractivity contribution >= 4 is 17.6 Å². The second-order valence-corrected chi connectivity index (χ2v) is 5.54. The number of amides is 1. The molecule has 0 fully saturated rings. The molecule has 0 heterocycles. The van der Waals surface area contributed by atoms with E-state index >= 15 is 0 Å². The quantitative estimate of drug-likeness (QED) is 0.451. The van der Waals surface area contributed by atoms with Crippen LogP contribution in [0.1, 0.15) is 17.3 Å². The van der Waals surface area contributed by atoms with E-state index in [1.165, 1.54) is 6.92 Å². The lowest BCUT2D eigenvalue weighted by Gasteiger charge is -2.34. The van der Waals surface area contributed by atoms with E-state index < -0.39 is 47.8 Å². The minimum atomic E-state index is -7.29. The van der Waals surface area contributed by atoms with Gasteiger partial charge in [0, 0.05) is 5.69 Å². The first kappa shape index (κ1) is 26.4. The third-order valence-electron chi connectivity index (χ3n) is 3.30. The summed E-state index contributed by atoms with van der Waals surface area (Å²) in [6, 6.07) is 2.97. The topological polar surface area (TPSA) is 64.6 Å². The summed E-state index contributed by atoms with van der Waals surface area (Å²) in [7, 11) is 0. The van der Waals surface area contributed by atoms with Crippen molar-refractivity contribution in [1.82, 2.24) is 0 Å². The zero-order valence-corrected chi connectivity index (χ0v) is 14.8. The SMILES string of the molecule is CCOC(=O)c1ccc(NC(=O)[C@@](F)(OC(F)(F)C(F)(F)C(F)(F)F)C(F)(F)F)cc1. The Morgan fingerprint density at radius 1 is 0.839 bits per heavy atom. The predicted octanol–water partition coefficient (Wildman–Crippen LogP) is 4.84. The van der Waals surface area contributed by atoms with Gasteiger partial charge < -0.3 is 10.1 Å². The Kier molecular flexibility index (Phi) is 7.21. The maximum Gasteiger partial charge on any atom is 0.462 e. The van der Waals surface area contributed by atoms with Crippen molar-refractivity contribution in [2.75, 3.05) is 11.9 Å². The van der Waals surface area contributed by atoms with E-state index in [9.17, 15) is 57.9 Å². The number of carbonyl (C=O) groups excluding carboxylic acids is 2. The molecule has 1 atom stereocenters. The number of benzene rings is 1. The van der Waals surface area contributed by atoms with Crippen LogP contribution in [-0.2, 0) is 14.3 Å². The number of halogens is 11. The molecule has 1 aromatic carbocycles. The third kappa shape index (κ3) is 5.34. The number of alkyl halides is 11. The van der Waals surface area contributed by atoms with Gasteiger partial charge in [-0.25, -0.2) is 4.79 Å². The molecule has 0 radical (unpaired) electrons. The number of rotatable bonds is 7. The summed E-state index contributed by atoms with van der Waals surface area (Å²) in [6.07, 6.45) is -21.1. The Balaban J connectivity index is 3.22. The van der Waals surface area contributed by atoms with Crippen LogP contribution in [0, 0.1) is 0 Å². The standard InChI is InChI=1S/C15H10F11NO4/c1-2-30-9(28)7-3-5-8(6-4-7)27-10(29)11(16,13(19,20)21)31-15(25,26)12(17,18)14(22,23)24/h3-6H,2H2,1H3,(H,27,29)/t11-/m1/s1. The van der Waals surface area contributed by atoms with Crippen LogP contribution in [-0.4, -0.2) is 48.7 Å². The van der Waals surface area contributed by atoms with E-state index in [0.29, 0.717) is 12.1 Å². The minimum absolute atomic E-state index is 0.0681. The van der Waals surface area contributed by atoms with Gasteiger partial charge >= 0.3 is 36.2 Å². The van der Waals surface area contributed by atoms with Gasteiger partial charge in [0.05, 0.1) is 12.2 Å². The highest BCUT2D eigenvalue weighted by Gasteiger charge is 2.79. The van der Waals surface area contributed by atoms with Crippen LogP contribution in [0.15, 0.2) is 24.3 Å². The molecule has 0 saturated heterocycles. The Hall–Kier alpha value is -2.65. The molecule has 16 heteroatoms. The number of nitrogens with one attached hydrogen (secondary N) is 1. The predicted molar refractivity (Wildman–Crippen MR) is 78.0 cm³/mol. The lowest BCUT2D eigenvalue weighted by atomic mass is 10.2. The van der Waals surface area contributed by atoms with E-state index in [1.54, 1.807) is 0 Å². The van der Waals surface area contributed by atoms with Crippen LogP contribution in [0.2, 0.25) is 0 Å². The Bertz CT molecular complexity index is 805. The first-order valence-corrected chi connectivity index (χ1v) is 7.67. The smallest absolute Gasteiger partial charge is 0.462 e. The molecule has 1 amide bonds. The van der Waals surface area contributed by atoms with Gasteiger partial charge in [-0.05, 0) is 31.2 Å². The van der Waals surface area contributed by atoms with Crippen LogP contribution < -0.4 is 5.32 Å². The van der Waals surface area contributed by atoms with E-state index in [0.717, 1.165) is 17.4 Å². The van der Waals surface area contributed by atoms with E-state index in [2.05, 4.69) is 9.47 Å². The summed E-state index contributed by atoms with van der Waals surface area (Å²) >= 11 is 0. The van der Waals surface area contributed by atoms with E-state index in [-0.39, 0.29) is 12.2 Å². The van der Waals surface area contributed by atoms with Crippen molar-refractivity contribution in [3.8, 4) is 0 Å². The summed E-state index contributed by atoms with van der Waals surface area (Å²) in [5.74, 6) is -17.7. The van der Waals surface area contributed by atoms with Crippen molar-refractivity contribution in [2.24, 2.45) is 0 Å². The number of carbonyl (C=O) groups is 2. The molecule has 0 aliphatic heterocycles. The molecule has 0 aliphatic carbocycles. The minimum Gasteiger partial charge on any atom is -0.462 e. The molecule has 5 nitrogen and oxygen atoms in total. The van der Waals surface area contributed by atoms with Gasteiger partial charge in [0.25, 0.3) is 5.91 Å². The molecule has 176 valence electrons. The molecule has 1 aromatic rings. The molecule has 0 unspecified atom stereocenters. The Morgan fingerprint density at radius 2 is 1.32 bits per heavy atom. The monoisotopic (exact) mass is 477 g/mol. The molecule has 0 spiro atoms. The second-order valence-electron chi connectivity index (χ2n) is 5.54. The highest BCUT2D eigenvalue weighted by Crippen LogP contribution is 2.51. The highest BCUT2D eigenvalue weighted by molar-refractivity contribution is 5.97. The molecule has 1 rings (SSSR count). The van der Waals surface area contributed by atoms with Crippen molar-refractivity contribution in [3.05, 3.63) is 29.8 Å². The maximum absolute atomic E-state index is 14.1. The lowest BCUT2D eigenvalue weighted by molar-refractivity contribution is -0.472. The molecule has 0 saturated carbocycles. The molecule has 0 bridgehead atoms. The molecule has 31 heavy (non-hydrogen) atoms. The molecular formula is C15H10F11NO4. The number of anilines is 1. The summed E-state index contributed by atoms with van der Waals surface area (Å²) in [6.45, 7) is 1.37. The zero-order chi connectivity index (χ0) is 24.5. The van der Waals surface area contributed by atoms with E-state index in [4.69, 9.17) is 0 Å². The third-order valence-corrected chi connectivity index (χ3v) is 3.30. The van der Waals surface area contributed by atoms with Crippen LogP contribution in [0.4, 0.5) is 54.0 Å². The average Bonchev–Trinajstić information content (AvgIpc) is 2.60. The first-order chi connectivity index (χ1) is 13.8. The molecular weight excluding hydrogens is 467 g/mol. The number of hydrogen-bond acceptors (Lipinski definition) is 4. The summed E-state index contributed by atoms with van der Waals surface area (Å²) in [5.41, 5.74) is -1.01. The van der Waals surface area contributed by atoms with Crippen molar-refractivity contribution in [3.63, 3.8) is 0 Å². The lowest BCUT2D eigenvalue weighted by Crippen LogP contribution is -2.62. The van der Waals surface area contributed by atoms with Crippen LogP contribution >= 0.6 is 0 Å². The molecule has 0 aromatic heterocycles. The van der Waals surface area contributed by atoms with Gasteiger partial charge in [-0.1, -0.05) is 0 Å². The number of esters is 1. The van der Waals surface area contributed by atoms with Crippen molar-refractivity contribution in [1.29, 1.82) is 0 Å². The van der Waals surface area contributed by atoms with Crippen LogP contribution in [0.3, 0.4) is 0 Å². The number of ether oxygens (including phenoxy) is 2. The Morgan fingerprint density at radius 3 is 1.71 bits per heavy atom. The molecule has 1 N–H and O–H groups in total. The van der Waals surface area contributed by atoms with Gasteiger partial charge in [-0.2, -0.15) is 48.3 Å². The van der Waals surface area contributed by atoms with Gasteiger partial charge in [-0.3, -0.25) is 9.53 Å². The fourth-order valence-corrected chi connectivity index (χ4v) is 1.75. The van der Waals surface area contributed by atoms with Gasteiger partial charge in [0.2, 0.25) is 0 Å². The highest BCUT2D eigenvalue weighted by atomic mass is 19.4. The van der Waals surface area contributed by atoms with Crippen molar-refractivity contribution in [2.45, 2.75) is 37.2 Å². The van der Waals surface area contributed by atoms with Gasteiger partial charge in [0.1, 0.15) is 0 Å². The fraction of sp³-hybridized carbons (Fsp3) is 0.467. The summed E-state index contributed by atoms with van der Waals surface area (Å²) < 4.78 is 147. The van der Waals surface area contributed by atoms with Gasteiger partial charge in [0.15, 0.2) is 0 Å². The number of hydrogen-bond donors (Lipinski definition) is 1. The first-order valence-electron chi connectivity index (χ1n) is 7.67. The largest absolute Gasteiger partial charge is 0.462 e. The molecule has 0 aliphatic rings. The zero-order valence-electron chi connectivity index (χ0n) is 14.8. The fourth-order valence-electron chi connectivity index (χ4n) is 1.75. The van der Waals surface area contributed by atoms with Crippen LogP contribution in [0.5, 0.6) is 0 Å². The average molecular weight is 477 g/mol. The normalized spacial score (nSPS) is 15.2. The Labute approximate surface area is 165 Å².